The van der Waals surface area contributed by atoms with E-state index in [2.05, 4.69) is 5.87 Å². The minimum Gasteiger partial charge on any atom is -0.338 e. The Hall–Kier alpha value is -1.97. The lowest BCUT2D eigenvalue weighted by Gasteiger charge is -2.21. The summed E-state index contributed by atoms with van der Waals surface area (Å²) in [5.74, 6) is 1.95. The van der Waals surface area contributed by atoms with Crippen LogP contribution < -0.4 is 0 Å². The van der Waals surface area contributed by atoms with Crippen molar-refractivity contribution in [2.24, 2.45) is 0 Å². The van der Waals surface area contributed by atoms with Crippen molar-refractivity contribution in [3.05, 3.63) is 46.5 Å². The van der Waals surface area contributed by atoms with Crippen LogP contribution in [-0.4, -0.2) is 23.7 Å². The molecule has 5 heteroatoms. The Morgan fingerprint density at radius 1 is 1.50 bits per heavy atom. The minimum atomic E-state index is -0.574. The molecule has 1 N–H and O–H groups in total. The van der Waals surface area contributed by atoms with Crippen molar-refractivity contribution in [2.45, 2.75) is 25.6 Å². The van der Waals surface area contributed by atoms with E-state index in [1.54, 1.807) is 0 Å². The number of benzene rings is 1. The molecule has 94 valence electrons. The van der Waals surface area contributed by atoms with Crippen LogP contribution in [0.2, 0.25) is 0 Å². The molecular formula is C13H15N2O3+. The van der Waals surface area contributed by atoms with Gasteiger partial charge < -0.3 is 4.74 Å². The van der Waals surface area contributed by atoms with Crippen molar-refractivity contribution in [3.8, 4) is 0 Å². The predicted octanol–water partition coefficient (Wildman–Crippen LogP) is 2.38. The van der Waals surface area contributed by atoms with Gasteiger partial charge in [0.25, 0.3) is 11.2 Å². The maximum absolute atomic E-state index is 11.7. The van der Waals surface area contributed by atoms with E-state index in [1.807, 2.05) is 37.3 Å². The van der Waals surface area contributed by atoms with Crippen molar-refractivity contribution < 1.29 is 14.5 Å². The molecule has 1 heterocycles. The van der Waals surface area contributed by atoms with Gasteiger partial charge in [-0.1, -0.05) is 30.3 Å². The van der Waals surface area contributed by atoms with E-state index < -0.39 is 6.29 Å². The second-order valence-electron chi connectivity index (χ2n) is 3.96. The normalized spacial score (nSPS) is 23.4. The van der Waals surface area contributed by atoms with Gasteiger partial charge in [-0.15, -0.1) is 0 Å². The van der Waals surface area contributed by atoms with Crippen LogP contribution in [0.25, 0.3) is 0 Å². The third kappa shape index (κ3) is 2.47. The number of nitrogens with zero attached hydrogens (tertiary/aromatic N) is 1. The molecule has 0 unspecified atom stereocenters. The van der Waals surface area contributed by atoms with E-state index in [9.17, 15) is 4.91 Å². The van der Waals surface area contributed by atoms with Gasteiger partial charge in [0.05, 0.1) is 16.7 Å². The summed E-state index contributed by atoms with van der Waals surface area (Å²) in [5.41, 5.74) is 1.14. The summed E-state index contributed by atoms with van der Waals surface area (Å²) < 4.78 is 5.33. The summed E-state index contributed by atoms with van der Waals surface area (Å²) >= 11 is 0. The van der Waals surface area contributed by atoms with E-state index in [-0.39, 0.29) is 11.6 Å². The van der Waals surface area contributed by atoms with E-state index in [1.165, 1.54) is 0 Å². The van der Waals surface area contributed by atoms with Crippen LogP contribution in [0.15, 0.2) is 36.0 Å². The molecule has 1 saturated heterocycles. The van der Waals surface area contributed by atoms with E-state index >= 15 is 0 Å². The van der Waals surface area contributed by atoms with Crippen molar-refractivity contribution in [1.82, 2.24) is 0 Å². The summed E-state index contributed by atoms with van der Waals surface area (Å²) in [7, 11) is 0. The molecular weight excluding hydrogens is 232 g/mol. The summed E-state index contributed by atoms with van der Waals surface area (Å²) in [6.45, 7) is 2.32. The Balaban J connectivity index is 2.29. The minimum absolute atomic E-state index is 0.178. The number of rotatable bonds is 3. The van der Waals surface area contributed by atoms with Gasteiger partial charge >= 0.3 is 5.70 Å². The lowest BCUT2D eigenvalue weighted by molar-refractivity contribution is -0.801. The maximum atomic E-state index is 11.7. The molecule has 0 aliphatic carbocycles. The fourth-order valence-electron chi connectivity index (χ4n) is 2.03. The molecule has 2 atom stereocenters. The second kappa shape index (κ2) is 5.58. The van der Waals surface area contributed by atoms with Crippen LogP contribution in [-0.2, 0) is 9.57 Å². The van der Waals surface area contributed by atoms with E-state index in [4.69, 9.17) is 15.0 Å². The van der Waals surface area contributed by atoms with Crippen molar-refractivity contribution in [1.29, 1.82) is 5.41 Å². The number of nitrogens with one attached hydrogen (secondary N) is 1. The fraction of sp³-hybridized carbons (Fsp3) is 0.385. The Morgan fingerprint density at radius 2 is 2.22 bits per heavy atom. The molecule has 1 aliphatic rings. The monoisotopic (exact) mass is 247 g/mol. The van der Waals surface area contributed by atoms with Gasteiger partial charge in [-0.2, -0.15) is 4.84 Å². The molecule has 2 rings (SSSR count). The van der Waals surface area contributed by atoms with Crippen LogP contribution >= 0.6 is 0 Å². The molecule has 0 radical (unpaired) electrons. The predicted molar refractivity (Wildman–Crippen MR) is 65.2 cm³/mol. The zero-order chi connectivity index (χ0) is 13.0. The Labute approximate surface area is 105 Å². The van der Waals surface area contributed by atoms with Crippen LogP contribution in [0.5, 0.6) is 0 Å². The highest BCUT2D eigenvalue weighted by atomic mass is 16.8. The molecule has 0 spiro atoms. The summed E-state index contributed by atoms with van der Waals surface area (Å²) in [5, 5.41) is 7.23. The van der Waals surface area contributed by atoms with Crippen LogP contribution in [0.4, 0.5) is 0 Å². The average molecular weight is 247 g/mol. The smallest absolute Gasteiger partial charge is 0.338 e. The molecule has 1 aliphatic heterocycles. The SMILES string of the molecule is CCO[C@@H]1C[C@@H](c2ccccc2)C(=C=N)[N+](=O)O1. The summed E-state index contributed by atoms with van der Waals surface area (Å²) in [4.78, 5) is 17.0. The van der Waals surface area contributed by atoms with Crippen LogP contribution in [0, 0.1) is 10.3 Å². The summed E-state index contributed by atoms with van der Waals surface area (Å²) in [6, 6.07) is 9.55. The van der Waals surface area contributed by atoms with E-state index in [0.717, 1.165) is 5.56 Å². The molecule has 0 amide bonds. The first-order valence-electron chi connectivity index (χ1n) is 5.86. The highest BCUT2D eigenvalue weighted by Gasteiger charge is 2.43. The molecule has 1 fully saturated rings. The van der Waals surface area contributed by atoms with Crippen LogP contribution in [0.3, 0.4) is 0 Å². The van der Waals surface area contributed by atoms with Crippen molar-refractivity contribution in [3.63, 3.8) is 0 Å². The quantitative estimate of drug-likeness (QED) is 0.834. The lowest BCUT2D eigenvalue weighted by Crippen LogP contribution is -2.33. The van der Waals surface area contributed by atoms with Crippen LogP contribution in [0.1, 0.15) is 24.8 Å². The average Bonchev–Trinajstić information content (AvgIpc) is 2.39. The summed E-state index contributed by atoms with van der Waals surface area (Å²) in [6.07, 6.45) is -0.0625. The molecule has 18 heavy (non-hydrogen) atoms. The topological polar surface area (TPSA) is 62.4 Å². The van der Waals surface area contributed by atoms with Gasteiger partial charge in [-0.05, 0) is 12.5 Å². The fourth-order valence-corrected chi connectivity index (χ4v) is 2.03. The first kappa shape index (κ1) is 12.5. The van der Waals surface area contributed by atoms with Gasteiger partial charge in [-0.25, -0.2) is 0 Å². The zero-order valence-corrected chi connectivity index (χ0v) is 10.1. The molecule has 0 saturated carbocycles. The molecule has 5 nitrogen and oxygen atoms in total. The van der Waals surface area contributed by atoms with Gasteiger partial charge in [0.15, 0.2) is 0 Å². The number of ether oxygens (including phenoxy) is 1. The number of allylic oxidation sites excluding steroid dienone is 1. The van der Waals surface area contributed by atoms with E-state index in [0.29, 0.717) is 18.0 Å². The third-order valence-corrected chi connectivity index (χ3v) is 2.85. The van der Waals surface area contributed by atoms with Gasteiger partial charge in [0.1, 0.15) is 0 Å². The molecule has 0 bridgehead atoms. The lowest BCUT2D eigenvalue weighted by atomic mass is 9.92. The largest absolute Gasteiger partial charge is 0.361 e. The highest BCUT2D eigenvalue weighted by molar-refractivity contribution is 5.54. The van der Waals surface area contributed by atoms with Gasteiger partial charge in [0.2, 0.25) is 0 Å². The Bertz CT molecular complexity index is 480. The third-order valence-electron chi connectivity index (χ3n) is 2.85. The van der Waals surface area contributed by atoms with Crippen molar-refractivity contribution >= 4 is 5.87 Å². The zero-order valence-electron chi connectivity index (χ0n) is 10.1. The number of hydrogen-bond acceptors (Lipinski definition) is 4. The first-order valence-corrected chi connectivity index (χ1v) is 5.86. The Kier molecular flexibility index (Phi) is 3.87. The highest BCUT2D eigenvalue weighted by Crippen LogP contribution is 2.33. The van der Waals surface area contributed by atoms with Crippen molar-refractivity contribution in [2.75, 3.05) is 6.61 Å². The standard InChI is InChI=1S/C13H15N2O3/c1-2-17-13-8-11(10-6-4-3-5-7-10)12(9-14)15(16)18-13/h3-7,11,13-14H,2,8H2,1H3/q+1/t11-,13-/m0/s1. The Morgan fingerprint density at radius 3 is 2.83 bits per heavy atom. The van der Waals surface area contributed by atoms with Gasteiger partial charge in [0, 0.05) is 13.0 Å². The maximum Gasteiger partial charge on any atom is 0.361 e. The number of hydrogen-bond donors (Lipinski definition) is 1. The molecule has 1 aromatic carbocycles. The second-order valence-corrected chi connectivity index (χ2v) is 3.96. The molecule has 1 aromatic rings. The molecule has 0 aromatic heterocycles. The van der Waals surface area contributed by atoms with Gasteiger partial charge in [-0.3, -0.25) is 5.41 Å². The first-order chi connectivity index (χ1) is 8.76.